The van der Waals surface area contributed by atoms with Crippen LogP contribution in [0.25, 0.3) is 0 Å². The highest BCUT2D eigenvalue weighted by atomic mass is 16.5. The van der Waals surface area contributed by atoms with Crippen molar-refractivity contribution in [2.24, 2.45) is 0 Å². The van der Waals surface area contributed by atoms with Crippen LogP contribution < -0.4 is 4.74 Å². The maximum Gasteiger partial charge on any atom is 0.211 e. The Morgan fingerprint density at radius 1 is 1.24 bits per heavy atom. The van der Waals surface area contributed by atoms with Gasteiger partial charge < -0.3 is 4.74 Å². The maximum atomic E-state index is 5.76. The highest BCUT2D eigenvalue weighted by molar-refractivity contribution is 5.41. The summed E-state index contributed by atoms with van der Waals surface area (Å²) in [6.45, 7) is 0.368. The first-order valence-electron chi connectivity index (χ1n) is 5.89. The maximum absolute atomic E-state index is 5.76. The second kappa shape index (κ2) is 4.53. The van der Waals surface area contributed by atoms with Crippen molar-refractivity contribution in [3.8, 4) is 5.75 Å². The lowest BCUT2D eigenvalue weighted by Gasteiger charge is -2.18. The Bertz CT molecular complexity index is 495. The molecule has 5 heteroatoms. The minimum Gasteiger partial charge on any atom is -0.485 e. The molecule has 1 heterocycles. The molecule has 2 aromatic rings. The number of ether oxygens (including phenoxy) is 1. The van der Waals surface area contributed by atoms with Crippen LogP contribution in [-0.2, 0) is 19.4 Å². The summed E-state index contributed by atoms with van der Waals surface area (Å²) in [6, 6.07) is 6.26. The number of hydrogen-bond acceptors (Lipinski definition) is 4. The molecule has 1 aromatic heterocycles. The molecule has 17 heavy (non-hydrogen) atoms. The summed E-state index contributed by atoms with van der Waals surface area (Å²) in [6.07, 6.45) is 4.80. The quantitative estimate of drug-likeness (QED) is 0.871. The Labute approximate surface area is 99.2 Å². The zero-order valence-electron chi connectivity index (χ0n) is 9.52. The molecule has 0 amide bonds. The molecule has 88 valence electrons. The molecule has 1 N–H and O–H groups in total. The third kappa shape index (κ3) is 2.13. The third-order valence-electron chi connectivity index (χ3n) is 3.10. The van der Waals surface area contributed by atoms with Crippen LogP contribution in [0, 0.1) is 0 Å². The van der Waals surface area contributed by atoms with E-state index in [2.05, 4.69) is 32.8 Å². The Morgan fingerprint density at radius 3 is 3.06 bits per heavy atom. The van der Waals surface area contributed by atoms with Gasteiger partial charge in [0, 0.05) is 0 Å². The fourth-order valence-corrected chi connectivity index (χ4v) is 2.27. The van der Waals surface area contributed by atoms with Crippen molar-refractivity contribution in [1.82, 2.24) is 20.6 Å². The van der Waals surface area contributed by atoms with Gasteiger partial charge in [-0.2, -0.15) is 5.21 Å². The lowest BCUT2D eigenvalue weighted by Crippen LogP contribution is -2.06. The average molecular weight is 230 g/mol. The van der Waals surface area contributed by atoms with Crippen molar-refractivity contribution in [3.63, 3.8) is 0 Å². The largest absolute Gasteiger partial charge is 0.485 e. The number of tetrazole rings is 1. The number of aryl methyl sites for hydroxylation is 1. The molecule has 0 radical (unpaired) electrons. The molecule has 1 aliphatic rings. The fourth-order valence-electron chi connectivity index (χ4n) is 2.27. The monoisotopic (exact) mass is 230 g/mol. The van der Waals surface area contributed by atoms with Crippen LogP contribution in [-0.4, -0.2) is 20.6 Å². The molecule has 1 aromatic carbocycles. The van der Waals surface area contributed by atoms with Gasteiger partial charge in [-0.25, -0.2) is 0 Å². The summed E-state index contributed by atoms with van der Waals surface area (Å²) in [5.74, 6) is 1.55. The van der Waals surface area contributed by atoms with E-state index < -0.39 is 0 Å². The van der Waals surface area contributed by atoms with Gasteiger partial charge in [-0.15, -0.1) is 10.2 Å². The van der Waals surface area contributed by atoms with E-state index >= 15 is 0 Å². The number of rotatable bonds is 3. The smallest absolute Gasteiger partial charge is 0.211 e. The van der Waals surface area contributed by atoms with Crippen LogP contribution in [0.4, 0.5) is 0 Å². The summed E-state index contributed by atoms with van der Waals surface area (Å²) < 4.78 is 5.76. The topological polar surface area (TPSA) is 63.7 Å². The predicted octanol–water partition coefficient (Wildman–Crippen LogP) is 1.66. The normalized spacial score (nSPS) is 14.4. The van der Waals surface area contributed by atoms with Gasteiger partial charge in [0.25, 0.3) is 0 Å². The van der Waals surface area contributed by atoms with E-state index in [-0.39, 0.29) is 0 Å². The number of aromatic amines is 1. The average Bonchev–Trinajstić information content (AvgIpc) is 2.89. The van der Waals surface area contributed by atoms with Crippen LogP contribution in [0.1, 0.15) is 29.8 Å². The van der Waals surface area contributed by atoms with Crippen molar-refractivity contribution in [1.29, 1.82) is 0 Å². The standard InChI is InChI=1S/C12H14N4O/c1-2-6-10-9(4-1)5-3-7-11(10)17-8-12-13-15-16-14-12/h3,5,7H,1-2,4,6,8H2,(H,13,14,15,16). The Kier molecular flexibility index (Phi) is 2.73. The lowest BCUT2D eigenvalue weighted by molar-refractivity contribution is 0.291. The molecule has 0 saturated heterocycles. The number of benzene rings is 1. The molecule has 0 bridgehead atoms. The van der Waals surface area contributed by atoms with Crippen molar-refractivity contribution in [2.75, 3.05) is 0 Å². The first-order valence-corrected chi connectivity index (χ1v) is 5.89. The van der Waals surface area contributed by atoms with Gasteiger partial charge in [-0.3, -0.25) is 0 Å². The number of nitrogens with one attached hydrogen (secondary N) is 1. The van der Waals surface area contributed by atoms with Crippen LogP contribution in [0.15, 0.2) is 18.2 Å². The summed E-state index contributed by atoms with van der Waals surface area (Å²) in [4.78, 5) is 0. The molecule has 1 aliphatic carbocycles. The number of aromatic nitrogens is 4. The van der Waals surface area contributed by atoms with Crippen molar-refractivity contribution in [3.05, 3.63) is 35.2 Å². The highest BCUT2D eigenvalue weighted by Gasteiger charge is 2.14. The summed E-state index contributed by atoms with van der Waals surface area (Å²) in [5, 5.41) is 13.7. The molecular formula is C12H14N4O. The van der Waals surface area contributed by atoms with E-state index in [1.807, 2.05) is 6.07 Å². The molecule has 0 aliphatic heterocycles. The molecule has 0 spiro atoms. The second-order valence-electron chi connectivity index (χ2n) is 4.22. The lowest BCUT2D eigenvalue weighted by atomic mass is 9.91. The minimum absolute atomic E-state index is 0.368. The number of nitrogens with zero attached hydrogens (tertiary/aromatic N) is 3. The van der Waals surface area contributed by atoms with Gasteiger partial charge in [0.1, 0.15) is 5.75 Å². The number of hydrogen-bond donors (Lipinski definition) is 1. The van der Waals surface area contributed by atoms with E-state index in [0.29, 0.717) is 12.4 Å². The minimum atomic E-state index is 0.368. The second-order valence-corrected chi connectivity index (χ2v) is 4.22. The predicted molar refractivity (Wildman–Crippen MR) is 61.6 cm³/mol. The van der Waals surface area contributed by atoms with Gasteiger partial charge in [0.2, 0.25) is 5.82 Å². The van der Waals surface area contributed by atoms with E-state index in [0.717, 1.165) is 18.6 Å². The highest BCUT2D eigenvalue weighted by Crippen LogP contribution is 2.29. The first kappa shape index (κ1) is 10.3. The van der Waals surface area contributed by atoms with Gasteiger partial charge >= 0.3 is 0 Å². The SMILES string of the molecule is c1cc2c(c(OCc3nn[nH]n3)c1)CCCC2. The Balaban J connectivity index is 1.78. The summed E-state index contributed by atoms with van der Waals surface area (Å²) in [5.41, 5.74) is 2.77. The van der Waals surface area contributed by atoms with Gasteiger partial charge in [-0.05, 0) is 42.9 Å². The van der Waals surface area contributed by atoms with Gasteiger partial charge in [-0.1, -0.05) is 17.3 Å². The van der Waals surface area contributed by atoms with Crippen LogP contribution in [0.3, 0.4) is 0 Å². The van der Waals surface area contributed by atoms with E-state index in [4.69, 9.17) is 4.74 Å². The zero-order chi connectivity index (χ0) is 11.5. The Morgan fingerprint density at radius 2 is 2.18 bits per heavy atom. The van der Waals surface area contributed by atoms with Crippen molar-refractivity contribution in [2.45, 2.75) is 32.3 Å². The van der Waals surface area contributed by atoms with Crippen molar-refractivity contribution < 1.29 is 4.74 Å². The summed E-state index contributed by atoms with van der Waals surface area (Å²) >= 11 is 0. The summed E-state index contributed by atoms with van der Waals surface area (Å²) in [7, 11) is 0. The molecule has 5 nitrogen and oxygen atoms in total. The molecule has 0 unspecified atom stereocenters. The fraction of sp³-hybridized carbons (Fsp3) is 0.417. The molecule has 0 atom stereocenters. The number of H-pyrrole nitrogens is 1. The van der Waals surface area contributed by atoms with Gasteiger partial charge in [0.05, 0.1) is 0 Å². The third-order valence-corrected chi connectivity index (χ3v) is 3.10. The van der Waals surface area contributed by atoms with Crippen LogP contribution >= 0.6 is 0 Å². The first-order chi connectivity index (χ1) is 8.43. The molecular weight excluding hydrogens is 216 g/mol. The molecule has 3 rings (SSSR count). The van der Waals surface area contributed by atoms with Crippen LogP contribution in [0.5, 0.6) is 5.75 Å². The van der Waals surface area contributed by atoms with E-state index in [9.17, 15) is 0 Å². The number of fused-ring (bicyclic) bond motifs is 1. The van der Waals surface area contributed by atoms with E-state index in [1.54, 1.807) is 0 Å². The van der Waals surface area contributed by atoms with Crippen LogP contribution in [0.2, 0.25) is 0 Å². The van der Waals surface area contributed by atoms with Gasteiger partial charge in [0.15, 0.2) is 6.61 Å². The van der Waals surface area contributed by atoms with E-state index in [1.165, 1.54) is 24.0 Å². The van der Waals surface area contributed by atoms with Crippen molar-refractivity contribution >= 4 is 0 Å². The Hall–Kier alpha value is -1.91. The molecule has 0 saturated carbocycles. The zero-order valence-corrected chi connectivity index (χ0v) is 9.52. The molecule has 0 fully saturated rings.